The van der Waals surface area contributed by atoms with Gasteiger partial charge < -0.3 is 9.64 Å². The van der Waals surface area contributed by atoms with E-state index in [4.69, 9.17) is 4.74 Å². The molecule has 0 saturated heterocycles. The topological polar surface area (TPSA) is 29.5 Å². The fourth-order valence-electron chi connectivity index (χ4n) is 3.74. The molecule has 0 radical (unpaired) electrons. The fraction of sp³-hybridized carbons (Fsp3) is 0.208. The van der Waals surface area contributed by atoms with Crippen LogP contribution in [-0.4, -0.2) is 19.1 Å². The average Bonchev–Trinajstić information content (AvgIpc) is 2.96. The molecular weight excluding hydrogens is 334 g/mol. The molecule has 0 N–H and O–H groups in total. The number of ether oxygens (including phenoxy) is 1. The van der Waals surface area contributed by atoms with Crippen molar-refractivity contribution in [3.63, 3.8) is 0 Å². The zero-order valence-corrected chi connectivity index (χ0v) is 15.7. The number of carbonyl (C=O) groups excluding carboxylic acids is 1. The highest BCUT2D eigenvalue weighted by molar-refractivity contribution is 6.36. The Morgan fingerprint density at radius 3 is 2.56 bits per heavy atom. The number of hydrogen-bond acceptors (Lipinski definition) is 2. The molecule has 1 amide bonds. The fourth-order valence-corrected chi connectivity index (χ4v) is 3.74. The summed E-state index contributed by atoms with van der Waals surface area (Å²) in [6, 6.07) is 20.3. The zero-order chi connectivity index (χ0) is 18.8. The average molecular weight is 357 g/mol. The van der Waals surface area contributed by atoms with Gasteiger partial charge in [0.05, 0.1) is 12.3 Å². The lowest BCUT2D eigenvalue weighted by Gasteiger charge is -2.15. The first-order valence-electron chi connectivity index (χ1n) is 9.52. The number of rotatable bonds is 5. The zero-order valence-electron chi connectivity index (χ0n) is 15.7. The SMILES string of the molecule is CCCN1C(=O)/C(=C\c2c(OCC)ccc3ccccc23)c2ccccc21. The van der Waals surface area contributed by atoms with Crippen LogP contribution in [0.25, 0.3) is 22.4 Å². The van der Waals surface area contributed by atoms with E-state index in [0.29, 0.717) is 6.61 Å². The van der Waals surface area contributed by atoms with Crippen molar-refractivity contribution in [3.05, 3.63) is 71.8 Å². The van der Waals surface area contributed by atoms with Crippen LogP contribution < -0.4 is 9.64 Å². The minimum atomic E-state index is 0.0634. The van der Waals surface area contributed by atoms with E-state index in [9.17, 15) is 4.79 Å². The van der Waals surface area contributed by atoms with Crippen LogP contribution in [0.5, 0.6) is 5.75 Å². The van der Waals surface area contributed by atoms with Crippen molar-refractivity contribution in [1.29, 1.82) is 0 Å². The maximum Gasteiger partial charge on any atom is 0.258 e. The number of amides is 1. The molecule has 0 spiro atoms. The second-order valence-electron chi connectivity index (χ2n) is 6.66. The quantitative estimate of drug-likeness (QED) is 0.561. The highest BCUT2D eigenvalue weighted by atomic mass is 16.5. The lowest BCUT2D eigenvalue weighted by Crippen LogP contribution is -2.26. The van der Waals surface area contributed by atoms with E-state index in [0.717, 1.165) is 51.9 Å². The minimum Gasteiger partial charge on any atom is -0.493 e. The second kappa shape index (κ2) is 7.28. The van der Waals surface area contributed by atoms with Crippen LogP contribution in [0.4, 0.5) is 5.69 Å². The molecule has 1 aliphatic heterocycles. The van der Waals surface area contributed by atoms with E-state index in [1.807, 2.05) is 60.4 Å². The van der Waals surface area contributed by atoms with Crippen molar-refractivity contribution in [1.82, 2.24) is 0 Å². The molecular formula is C24H23NO2. The summed E-state index contributed by atoms with van der Waals surface area (Å²) < 4.78 is 5.88. The molecule has 0 atom stereocenters. The monoisotopic (exact) mass is 357 g/mol. The lowest BCUT2D eigenvalue weighted by molar-refractivity contribution is -0.113. The van der Waals surface area contributed by atoms with Crippen LogP contribution in [0, 0.1) is 0 Å². The normalized spacial score (nSPS) is 14.8. The molecule has 0 unspecified atom stereocenters. The number of nitrogens with zero attached hydrogens (tertiary/aromatic N) is 1. The maximum atomic E-state index is 13.2. The Labute approximate surface area is 159 Å². The van der Waals surface area contributed by atoms with Gasteiger partial charge in [-0.15, -0.1) is 0 Å². The Morgan fingerprint density at radius 2 is 1.74 bits per heavy atom. The molecule has 4 rings (SSSR count). The molecule has 3 aromatic carbocycles. The third-order valence-electron chi connectivity index (χ3n) is 4.93. The molecule has 3 heteroatoms. The molecule has 0 saturated carbocycles. The first-order valence-corrected chi connectivity index (χ1v) is 9.52. The van der Waals surface area contributed by atoms with E-state index in [1.165, 1.54) is 0 Å². The third kappa shape index (κ3) is 2.99. The Hall–Kier alpha value is -3.07. The van der Waals surface area contributed by atoms with Gasteiger partial charge in [0.15, 0.2) is 0 Å². The van der Waals surface area contributed by atoms with Crippen molar-refractivity contribution in [2.24, 2.45) is 0 Å². The summed E-state index contributed by atoms with van der Waals surface area (Å²) in [5.74, 6) is 0.872. The molecule has 27 heavy (non-hydrogen) atoms. The molecule has 1 heterocycles. The Morgan fingerprint density at radius 1 is 0.963 bits per heavy atom. The van der Waals surface area contributed by atoms with Crippen molar-refractivity contribution in [2.45, 2.75) is 20.3 Å². The summed E-state index contributed by atoms with van der Waals surface area (Å²) in [6.45, 7) is 5.38. The Bertz CT molecular complexity index is 1040. The van der Waals surface area contributed by atoms with Gasteiger partial charge >= 0.3 is 0 Å². The summed E-state index contributed by atoms with van der Waals surface area (Å²) in [4.78, 5) is 15.1. The molecule has 1 aliphatic rings. The molecule has 3 aromatic rings. The largest absolute Gasteiger partial charge is 0.493 e. The lowest BCUT2D eigenvalue weighted by atomic mass is 9.98. The van der Waals surface area contributed by atoms with Gasteiger partial charge in [0.1, 0.15) is 5.75 Å². The van der Waals surface area contributed by atoms with Crippen LogP contribution in [0.15, 0.2) is 60.7 Å². The first kappa shape index (κ1) is 17.3. The Balaban J connectivity index is 1.93. The van der Waals surface area contributed by atoms with Gasteiger partial charge in [-0.3, -0.25) is 4.79 Å². The summed E-state index contributed by atoms with van der Waals surface area (Å²) in [6.07, 6.45) is 2.93. The van der Waals surface area contributed by atoms with Crippen LogP contribution in [-0.2, 0) is 4.79 Å². The van der Waals surface area contributed by atoms with Gasteiger partial charge in [-0.05, 0) is 42.3 Å². The number of hydrogen-bond donors (Lipinski definition) is 0. The van der Waals surface area contributed by atoms with Gasteiger partial charge in [-0.1, -0.05) is 55.5 Å². The van der Waals surface area contributed by atoms with Crippen molar-refractivity contribution < 1.29 is 9.53 Å². The van der Waals surface area contributed by atoms with E-state index in [1.54, 1.807) is 0 Å². The standard InChI is InChI=1S/C24H23NO2/c1-3-15-25-22-12-8-7-11-19(22)21(24(25)26)16-20-18-10-6-5-9-17(18)13-14-23(20)27-4-2/h5-14,16H,3-4,15H2,1-2H3/b21-16-. The summed E-state index contributed by atoms with van der Waals surface area (Å²) in [7, 11) is 0. The highest BCUT2D eigenvalue weighted by Gasteiger charge is 2.31. The number of benzene rings is 3. The second-order valence-corrected chi connectivity index (χ2v) is 6.66. The number of anilines is 1. The van der Waals surface area contributed by atoms with Crippen molar-refractivity contribution in [2.75, 3.05) is 18.1 Å². The first-order chi connectivity index (χ1) is 13.2. The van der Waals surface area contributed by atoms with Crippen molar-refractivity contribution >= 4 is 34.0 Å². The summed E-state index contributed by atoms with van der Waals surface area (Å²) in [5.41, 5.74) is 3.68. The minimum absolute atomic E-state index is 0.0634. The molecule has 0 aromatic heterocycles. The maximum absolute atomic E-state index is 13.2. The molecule has 0 bridgehead atoms. The van der Waals surface area contributed by atoms with Gasteiger partial charge in [0.25, 0.3) is 5.91 Å². The molecule has 0 aliphatic carbocycles. The van der Waals surface area contributed by atoms with E-state index < -0.39 is 0 Å². The number of para-hydroxylation sites is 1. The number of carbonyl (C=O) groups is 1. The van der Waals surface area contributed by atoms with Crippen LogP contribution in [0.3, 0.4) is 0 Å². The van der Waals surface area contributed by atoms with Crippen LogP contribution in [0.1, 0.15) is 31.4 Å². The van der Waals surface area contributed by atoms with Gasteiger partial charge in [0, 0.05) is 23.2 Å². The predicted octanol–water partition coefficient (Wildman–Crippen LogP) is 5.54. The van der Waals surface area contributed by atoms with Crippen LogP contribution >= 0.6 is 0 Å². The predicted molar refractivity (Wildman–Crippen MR) is 112 cm³/mol. The summed E-state index contributed by atoms with van der Waals surface area (Å²) >= 11 is 0. The van der Waals surface area contributed by atoms with Crippen molar-refractivity contribution in [3.8, 4) is 5.75 Å². The highest BCUT2D eigenvalue weighted by Crippen LogP contribution is 2.40. The van der Waals surface area contributed by atoms with E-state index in [2.05, 4.69) is 25.1 Å². The molecule has 0 fully saturated rings. The summed E-state index contributed by atoms with van der Waals surface area (Å²) in [5, 5.41) is 2.23. The Kier molecular flexibility index (Phi) is 4.68. The van der Waals surface area contributed by atoms with E-state index >= 15 is 0 Å². The number of fused-ring (bicyclic) bond motifs is 2. The van der Waals surface area contributed by atoms with Gasteiger partial charge in [-0.2, -0.15) is 0 Å². The van der Waals surface area contributed by atoms with Crippen LogP contribution in [0.2, 0.25) is 0 Å². The smallest absolute Gasteiger partial charge is 0.258 e. The van der Waals surface area contributed by atoms with E-state index in [-0.39, 0.29) is 5.91 Å². The van der Waals surface area contributed by atoms with Gasteiger partial charge in [-0.25, -0.2) is 0 Å². The van der Waals surface area contributed by atoms with Gasteiger partial charge in [0.2, 0.25) is 0 Å². The molecule has 3 nitrogen and oxygen atoms in total. The molecule has 136 valence electrons. The third-order valence-corrected chi connectivity index (χ3v) is 4.93.